The van der Waals surface area contributed by atoms with Gasteiger partial charge in [0.1, 0.15) is 5.60 Å². The fourth-order valence-electron chi connectivity index (χ4n) is 3.38. The average Bonchev–Trinajstić information content (AvgIpc) is 2.78. The molecule has 0 heterocycles. The van der Waals surface area contributed by atoms with E-state index in [-0.39, 0.29) is 11.3 Å². The minimum Gasteiger partial charge on any atom is -0.458 e. The third kappa shape index (κ3) is 7.55. The standard InChI is InChI=1S/C27H30O5S/c1-27(2,3)31-26(28)25(19-10-14-21-12-6-4-7-13-21)32-33(29,30)24-18-11-17-23(20-24)22-15-8-5-9-16-22/h4-9,11-13,15-18,20,25H,10,14,19H2,1-3H3/t25-/m1/s1. The number of hydrogen-bond donors (Lipinski definition) is 0. The number of aryl methyl sites for hydroxylation is 1. The zero-order chi connectivity index (χ0) is 23.9. The maximum absolute atomic E-state index is 13.1. The van der Waals surface area contributed by atoms with Crippen molar-refractivity contribution in [1.29, 1.82) is 0 Å². The molecule has 0 aliphatic heterocycles. The normalized spacial score (nSPS) is 12.8. The number of esters is 1. The molecule has 0 unspecified atom stereocenters. The lowest BCUT2D eigenvalue weighted by Gasteiger charge is -2.24. The number of ether oxygens (including phenoxy) is 1. The highest BCUT2D eigenvalue weighted by Gasteiger charge is 2.31. The van der Waals surface area contributed by atoms with Gasteiger partial charge in [-0.1, -0.05) is 72.8 Å². The van der Waals surface area contributed by atoms with Crippen LogP contribution in [0.2, 0.25) is 0 Å². The monoisotopic (exact) mass is 466 g/mol. The van der Waals surface area contributed by atoms with Gasteiger partial charge in [0.2, 0.25) is 0 Å². The number of carbonyl (C=O) groups is 1. The minimum absolute atomic E-state index is 0.000436. The lowest BCUT2D eigenvalue weighted by molar-refractivity contribution is -0.163. The maximum Gasteiger partial charge on any atom is 0.337 e. The summed E-state index contributed by atoms with van der Waals surface area (Å²) in [6.07, 6.45) is 0.278. The van der Waals surface area contributed by atoms with Gasteiger partial charge < -0.3 is 4.74 Å². The first-order valence-electron chi connectivity index (χ1n) is 11.0. The molecule has 0 N–H and O–H groups in total. The van der Waals surface area contributed by atoms with Crippen molar-refractivity contribution in [3.63, 3.8) is 0 Å². The lowest BCUT2D eigenvalue weighted by atomic mass is 10.1. The molecule has 6 heteroatoms. The fraction of sp³-hybridized carbons (Fsp3) is 0.296. The van der Waals surface area contributed by atoms with Gasteiger partial charge in [0.15, 0.2) is 6.10 Å². The Morgan fingerprint density at radius 3 is 2.09 bits per heavy atom. The molecular weight excluding hydrogens is 436 g/mol. The SMILES string of the molecule is CC(C)(C)OC(=O)[C@@H](CCCc1ccccc1)OS(=O)(=O)c1cccc(-c2ccccc2)c1. The van der Waals surface area contributed by atoms with Crippen LogP contribution in [0.15, 0.2) is 89.8 Å². The Morgan fingerprint density at radius 1 is 0.848 bits per heavy atom. The average molecular weight is 467 g/mol. The van der Waals surface area contributed by atoms with Crippen molar-refractivity contribution in [2.75, 3.05) is 0 Å². The van der Waals surface area contributed by atoms with Gasteiger partial charge in [0.05, 0.1) is 4.90 Å². The molecule has 0 aromatic heterocycles. The van der Waals surface area contributed by atoms with Gasteiger partial charge in [-0.25, -0.2) is 4.79 Å². The zero-order valence-electron chi connectivity index (χ0n) is 19.2. The van der Waals surface area contributed by atoms with Crippen molar-refractivity contribution in [1.82, 2.24) is 0 Å². The van der Waals surface area contributed by atoms with E-state index in [1.54, 1.807) is 32.9 Å². The van der Waals surface area contributed by atoms with Gasteiger partial charge >= 0.3 is 5.97 Å². The molecule has 0 fully saturated rings. The molecule has 0 bridgehead atoms. The Hall–Kier alpha value is -2.96. The molecule has 3 aromatic carbocycles. The minimum atomic E-state index is -4.19. The van der Waals surface area contributed by atoms with Crippen LogP contribution < -0.4 is 0 Å². The summed E-state index contributed by atoms with van der Waals surface area (Å²) < 4.78 is 37.1. The van der Waals surface area contributed by atoms with Crippen molar-refractivity contribution in [2.24, 2.45) is 0 Å². The van der Waals surface area contributed by atoms with Crippen LogP contribution in [-0.2, 0) is 30.3 Å². The molecule has 3 aromatic rings. The topological polar surface area (TPSA) is 69.7 Å². The molecule has 1 atom stereocenters. The second-order valence-electron chi connectivity index (χ2n) is 8.84. The van der Waals surface area contributed by atoms with Crippen LogP contribution in [0.25, 0.3) is 11.1 Å². The van der Waals surface area contributed by atoms with Gasteiger partial charge in [-0.05, 0) is 68.9 Å². The van der Waals surface area contributed by atoms with Crippen molar-refractivity contribution in [3.05, 3.63) is 90.5 Å². The van der Waals surface area contributed by atoms with E-state index in [2.05, 4.69) is 0 Å². The molecule has 174 valence electrons. The summed E-state index contributed by atoms with van der Waals surface area (Å²) in [5.41, 5.74) is 1.99. The summed E-state index contributed by atoms with van der Waals surface area (Å²) in [4.78, 5) is 12.8. The molecule has 0 saturated carbocycles. The Morgan fingerprint density at radius 2 is 1.45 bits per heavy atom. The summed E-state index contributed by atoms with van der Waals surface area (Å²) in [6, 6.07) is 25.8. The Labute approximate surface area is 196 Å². The number of hydrogen-bond acceptors (Lipinski definition) is 5. The molecule has 0 spiro atoms. The van der Waals surface area contributed by atoms with E-state index in [0.29, 0.717) is 12.8 Å². The van der Waals surface area contributed by atoms with Crippen LogP contribution in [0.3, 0.4) is 0 Å². The van der Waals surface area contributed by atoms with Gasteiger partial charge in [-0.3, -0.25) is 4.18 Å². The summed E-state index contributed by atoms with van der Waals surface area (Å²) in [7, 11) is -4.19. The summed E-state index contributed by atoms with van der Waals surface area (Å²) in [5.74, 6) is -0.682. The lowest BCUT2D eigenvalue weighted by Crippen LogP contribution is -2.35. The highest BCUT2D eigenvalue weighted by atomic mass is 32.2. The van der Waals surface area contributed by atoms with Crippen molar-refractivity contribution < 1.29 is 22.1 Å². The van der Waals surface area contributed by atoms with Crippen LogP contribution in [0.4, 0.5) is 0 Å². The Kier molecular flexibility index (Phi) is 8.06. The molecule has 33 heavy (non-hydrogen) atoms. The molecule has 0 saturated heterocycles. The smallest absolute Gasteiger partial charge is 0.337 e. The predicted molar refractivity (Wildman–Crippen MR) is 129 cm³/mol. The third-order valence-electron chi connectivity index (χ3n) is 4.92. The van der Waals surface area contributed by atoms with E-state index in [9.17, 15) is 13.2 Å². The van der Waals surface area contributed by atoms with Gasteiger partial charge in [0, 0.05) is 0 Å². The molecule has 3 rings (SSSR count). The van der Waals surface area contributed by atoms with E-state index in [1.165, 1.54) is 6.07 Å². The van der Waals surface area contributed by atoms with Gasteiger partial charge in [0.25, 0.3) is 10.1 Å². The summed E-state index contributed by atoms with van der Waals surface area (Å²) in [6.45, 7) is 5.22. The van der Waals surface area contributed by atoms with E-state index in [1.807, 2.05) is 66.7 Å². The second kappa shape index (κ2) is 10.8. The number of benzene rings is 3. The molecule has 5 nitrogen and oxygen atoms in total. The molecule has 0 aliphatic carbocycles. The van der Waals surface area contributed by atoms with Crippen LogP contribution in [0.1, 0.15) is 39.2 Å². The first kappa shape index (κ1) is 24.7. The first-order chi connectivity index (χ1) is 15.6. The predicted octanol–water partition coefficient (Wildman–Crippen LogP) is 5.79. The van der Waals surface area contributed by atoms with Crippen LogP contribution >= 0.6 is 0 Å². The van der Waals surface area contributed by atoms with Crippen molar-refractivity contribution in [3.8, 4) is 11.1 Å². The first-order valence-corrected chi connectivity index (χ1v) is 12.4. The van der Waals surface area contributed by atoms with E-state index < -0.39 is 27.8 Å². The quantitative estimate of drug-likeness (QED) is 0.295. The van der Waals surface area contributed by atoms with Crippen molar-refractivity contribution in [2.45, 2.75) is 56.6 Å². The molecule has 0 amide bonds. The number of carbonyl (C=O) groups excluding carboxylic acids is 1. The third-order valence-corrected chi connectivity index (χ3v) is 6.23. The van der Waals surface area contributed by atoms with Crippen molar-refractivity contribution >= 4 is 16.1 Å². The van der Waals surface area contributed by atoms with Crippen LogP contribution in [0.5, 0.6) is 0 Å². The highest BCUT2D eigenvalue weighted by Crippen LogP contribution is 2.25. The van der Waals surface area contributed by atoms with Crippen LogP contribution in [-0.4, -0.2) is 26.1 Å². The van der Waals surface area contributed by atoms with E-state index >= 15 is 0 Å². The molecular formula is C27H30O5S. The largest absolute Gasteiger partial charge is 0.458 e. The van der Waals surface area contributed by atoms with E-state index in [4.69, 9.17) is 8.92 Å². The van der Waals surface area contributed by atoms with Gasteiger partial charge in [-0.2, -0.15) is 8.42 Å². The molecule has 0 radical (unpaired) electrons. The fourth-order valence-corrected chi connectivity index (χ4v) is 4.49. The van der Waals surface area contributed by atoms with Crippen LogP contribution in [0, 0.1) is 0 Å². The summed E-state index contributed by atoms with van der Waals surface area (Å²) >= 11 is 0. The number of rotatable bonds is 9. The second-order valence-corrected chi connectivity index (χ2v) is 10.4. The summed E-state index contributed by atoms with van der Waals surface area (Å²) in [5, 5.41) is 0. The molecule has 0 aliphatic rings. The Balaban J connectivity index is 1.79. The maximum atomic E-state index is 13.1. The highest BCUT2D eigenvalue weighted by molar-refractivity contribution is 7.86. The Bertz CT molecular complexity index is 1150. The van der Waals surface area contributed by atoms with E-state index in [0.717, 1.165) is 16.7 Å². The zero-order valence-corrected chi connectivity index (χ0v) is 20.0. The van der Waals surface area contributed by atoms with Gasteiger partial charge in [-0.15, -0.1) is 0 Å².